The summed E-state index contributed by atoms with van der Waals surface area (Å²) in [7, 11) is 1.55. The van der Waals surface area contributed by atoms with Gasteiger partial charge in [0.25, 0.3) is 5.91 Å². The highest BCUT2D eigenvalue weighted by Crippen LogP contribution is 2.37. The van der Waals surface area contributed by atoms with E-state index in [1.54, 1.807) is 13.2 Å². The lowest BCUT2D eigenvalue weighted by atomic mass is 10.2. The van der Waals surface area contributed by atoms with Crippen LogP contribution in [0.2, 0.25) is 5.02 Å². The Hall–Kier alpha value is -3.03. The van der Waals surface area contributed by atoms with Crippen LogP contribution in [-0.4, -0.2) is 25.8 Å². The lowest BCUT2D eigenvalue weighted by Gasteiger charge is -2.14. The number of nitrogens with zero attached hydrogens (tertiary/aromatic N) is 1. The summed E-state index contributed by atoms with van der Waals surface area (Å²) >= 11 is 9.70. The van der Waals surface area contributed by atoms with E-state index in [4.69, 9.17) is 25.8 Å². The van der Waals surface area contributed by atoms with Gasteiger partial charge in [0, 0.05) is 10.6 Å². The molecule has 1 N–H and O–H groups in total. The van der Waals surface area contributed by atoms with Gasteiger partial charge in [0.1, 0.15) is 12.4 Å². The van der Waals surface area contributed by atoms with Crippen LogP contribution in [-0.2, 0) is 11.4 Å². The molecule has 0 saturated heterocycles. The minimum atomic E-state index is -0.366. The number of para-hydroxylation sites is 1. The molecule has 0 saturated carbocycles. The van der Waals surface area contributed by atoms with Crippen LogP contribution in [0.4, 0.5) is 0 Å². The van der Waals surface area contributed by atoms with Gasteiger partial charge in [-0.05, 0) is 58.2 Å². The van der Waals surface area contributed by atoms with Gasteiger partial charge in [0.15, 0.2) is 18.1 Å². The van der Waals surface area contributed by atoms with E-state index in [2.05, 4.69) is 26.5 Å². The number of carbonyl (C=O) groups is 1. The first-order valence-corrected chi connectivity index (χ1v) is 10.9. The van der Waals surface area contributed by atoms with Crippen molar-refractivity contribution < 1.29 is 19.0 Å². The molecule has 3 aromatic carbocycles. The van der Waals surface area contributed by atoms with Crippen molar-refractivity contribution in [3.8, 4) is 17.2 Å². The largest absolute Gasteiger partial charge is 0.493 e. The van der Waals surface area contributed by atoms with Crippen LogP contribution >= 0.6 is 27.5 Å². The fourth-order valence-electron chi connectivity index (χ4n) is 2.79. The molecule has 8 heteroatoms. The minimum Gasteiger partial charge on any atom is -0.493 e. The van der Waals surface area contributed by atoms with Gasteiger partial charge in [0.05, 0.1) is 17.8 Å². The number of hydrogen-bond donors (Lipinski definition) is 1. The Bertz CT molecular complexity index is 1120. The number of hydrazone groups is 1. The van der Waals surface area contributed by atoms with E-state index in [0.29, 0.717) is 38.9 Å². The van der Waals surface area contributed by atoms with E-state index in [1.165, 1.54) is 6.21 Å². The predicted molar refractivity (Wildman–Crippen MR) is 129 cm³/mol. The first-order chi connectivity index (χ1) is 15.5. The van der Waals surface area contributed by atoms with Crippen LogP contribution in [0, 0.1) is 6.92 Å². The van der Waals surface area contributed by atoms with Crippen LogP contribution in [0.5, 0.6) is 17.2 Å². The van der Waals surface area contributed by atoms with E-state index in [-0.39, 0.29) is 12.5 Å². The van der Waals surface area contributed by atoms with Gasteiger partial charge in [-0.2, -0.15) is 5.10 Å². The Kier molecular flexibility index (Phi) is 8.53. The average Bonchev–Trinajstić information content (AvgIpc) is 2.78. The van der Waals surface area contributed by atoms with E-state index in [9.17, 15) is 4.79 Å². The standard InChI is InChI=1S/C24H22BrClN2O4/c1-16-7-3-6-10-21(16)31-15-23(29)28-27-13-17-11-19(25)24(22(12-17)30-2)32-14-18-8-4-5-9-20(18)26/h3-13H,14-15H2,1-2H3,(H,28,29)/b27-13+. The van der Waals surface area contributed by atoms with Gasteiger partial charge < -0.3 is 14.2 Å². The Balaban J connectivity index is 1.60. The first-order valence-electron chi connectivity index (χ1n) is 9.72. The summed E-state index contributed by atoms with van der Waals surface area (Å²) in [5.74, 6) is 1.35. The molecule has 0 spiro atoms. The molecule has 3 aromatic rings. The molecule has 0 unspecified atom stereocenters. The number of benzene rings is 3. The third-order valence-electron chi connectivity index (χ3n) is 4.44. The number of nitrogens with one attached hydrogen (secondary N) is 1. The maximum absolute atomic E-state index is 12.0. The molecule has 0 radical (unpaired) electrons. The van der Waals surface area contributed by atoms with Gasteiger partial charge in [0.2, 0.25) is 0 Å². The van der Waals surface area contributed by atoms with Crippen molar-refractivity contribution in [2.45, 2.75) is 13.5 Å². The summed E-state index contributed by atoms with van der Waals surface area (Å²) in [5, 5.41) is 4.62. The van der Waals surface area contributed by atoms with Crippen LogP contribution in [0.15, 0.2) is 70.2 Å². The number of aryl methyl sites for hydroxylation is 1. The molecule has 0 heterocycles. The molecule has 0 atom stereocenters. The maximum atomic E-state index is 12.0. The number of hydrogen-bond acceptors (Lipinski definition) is 5. The van der Waals surface area contributed by atoms with Gasteiger partial charge in [-0.1, -0.05) is 48.0 Å². The zero-order chi connectivity index (χ0) is 22.9. The quantitative estimate of drug-likeness (QED) is 0.299. The maximum Gasteiger partial charge on any atom is 0.277 e. The monoisotopic (exact) mass is 516 g/mol. The van der Waals surface area contributed by atoms with E-state index < -0.39 is 0 Å². The molecular weight excluding hydrogens is 496 g/mol. The van der Waals surface area contributed by atoms with Crippen molar-refractivity contribution in [2.24, 2.45) is 5.10 Å². The molecule has 0 aliphatic rings. The summed E-state index contributed by atoms with van der Waals surface area (Å²) in [6.07, 6.45) is 1.51. The van der Waals surface area contributed by atoms with E-state index in [1.807, 2.05) is 61.5 Å². The second-order valence-corrected chi connectivity index (χ2v) is 8.02. The first kappa shape index (κ1) is 23.6. The number of carbonyl (C=O) groups excluding carboxylic acids is 1. The molecule has 0 aliphatic carbocycles. The number of methoxy groups -OCH3 is 1. The molecule has 0 fully saturated rings. The molecule has 0 aromatic heterocycles. The van der Waals surface area contributed by atoms with Crippen molar-refractivity contribution in [1.29, 1.82) is 0 Å². The SMILES string of the molecule is COc1cc(/C=N/NC(=O)COc2ccccc2C)cc(Br)c1OCc1ccccc1Cl. The van der Waals surface area contributed by atoms with Crippen LogP contribution in [0.1, 0.15) is 16.7 Å². The van der Waals surface area contributed by atoms with Gasteiger partial charge in [-0.3, -0.25) is 4.79 Å². The highest BCUT2D eigenvalue weighted by atomic mass is 79.9. The highest BCUT2D eigenvalue weighted by Gasteiger charge is 2.12. The average molecular weight is 518 g/mol. The second-order valence-electron chi connectivity index (χ2n) is 6.76. The number of amides is 1. The van der Waals surface area contributed by atoms with Crippen LogP contribution in [0.25, 0.3) is 0 Å². The van der Waals surface area contributed by atoms with Gasteiger partial charge in [-0.25, -0.2) is 5.43 Å². The number of ether oxygens (including phenoxy) is 3. The Morgan fingerprint density at radius 1 is 1.09 bits per heavy atom. The third-order valence-corrected chi connectivity index (χ3v) is 5.39. The lowest BCUT2D eigenvalue weighted by molar-refractivity contribution is -0.123. The Morgan fingerprint density at radius 3 is 2.59 bits per heavy atom. The third kappa shape index (κ3) is 6.48. The van der Waals surface area contributed by atoms with Crippen molar-refractivity contribution >= 4 is 39.7 Å². The smallest absolute Gasteiger partial charge is 0.277 e. The zero-order valence-electron chi connectivity index (χ0n) is 17.6. The topological polar surface area (TPSA) is 69.2 Å². The second kappa shape index (κ2) is 11.5. The summed E-state index contributed by atoms with van der Waals surface area (Å²) < 4.78 is 17.6. The van der Waals surface area contributed by atoms with Crippen molar-refractivity contribution in [3.05, 3.63) is 86.8 Å². The van der Waals surface area contributed by atoms with Crippen molar-refractivity contribution in [1.82, 2.24) is 5.43 Å². The summed E-state index contributed by atoms with van der Waals surface area (Å²) in [5.41, 5.74) is 4.98. The van der Waals surface area contributed by atoms with Gasteiger partial charge in [-0.15, -0.1) is 0 Å². The number of halogens is 2. The minimum absolute atomic E-state index is 0.135. The van der Waals surface area contributed by atoms with Crippen LogP contribution in [0.3, 0.4) is 0 Å². The van der Waals surface area contributed by atoms with Crippen LogP contribution < -0.4 is 19.6 Å². The highest BCUT2D eigenvalue weighted by molar-refractivity contribution is 9.10. The summed E-state index contributed by atoms with van der Waals surface area (Å²) in [4.78, 5) is 12.0. The molecular formula is C24H22BrClN2O4. The molecule has 0 bridgehead atoms. The van der Waals surface area contributed by atoms with Crippen molar-refractivity contribution in [3.63, 3.8) is 0 Å². The lowest BCUT2D eigenvalue weighted by Crippen LogP contribution is -2.24. The Morgan fingerprint density at radius 2 is 1.84 bits per heavy atom. The molecule has 166 valence electrons. The fraction of sp³-hybridized carbons (Fsp3) is 0.167. The zero-order valence-corrected chi connectivity index (χ0v) is 19.9. The number of rotatable bonds is 9. The summed E-state index contributed by atoms with van der Waals surface area (Å²) in [6, 6.07) is 18.5. The Labute approximate surface area is 200 Å². The molecule has 0 aliphatic heterocycles. The van der Waals surface area contributed by atoms with Gasteiger partial charge >= 0.3 is 0 Å². The molecule has 32 heavy (non-hydrogen) atoms. The predicted octanol–water partition coefficient (Wildman–Crippen LogP) is 5.53. The van der Waals surface area contributed by atoms with E-state index in [0.717, 1.165) is 11.1 Å². The van der Waals surface area contributed by atoms with E-state index >= 15 is 0 Å². The van der Waals surface area contributed by atoms with Crippen molar-refractivity contribution in [2.75, 3.05) is 13.7 Å². The summed E-state index contributed by atoms with van der Waals surface area (Å²) in [6.45, 7) is 2.07. The molecule has 6 nitrogen and oxygen atoms in total. The molecule has 1 amide bonds. The fourth-order valence-corrected chi connectivity index (χ4v) is 3.56. The molecule has 3 rings (SSSR count). The normalized spacial score (nSPS) is 10.8.